The highest BCUT2D eigenvalue weighted by atomic mass is 16.5. The monoisotopic (exact) mass is 281 g/mol. The number of phenolic OH excluding ortho intramolecular Hbond substituents is 1. The second kappa shape index (κ2) is 6.79. The van der Waals surface area contributed by atoms with Crippen molar-refractivity contribution in [2.24, 2.45) is 0 Å². The standard InChI is InChI=1S/C14H19NO5/c1-9(2)15(7-6-13(17)18)14(19)10-4-5-12(20-3)11(16)8-10/h4-5,8-9,16H,6-7H2,1-3H3,(H,17,18). The van der Waals surface area contributed by atoms with Crippen LogP contribution < -0.4 is 4.74 Å². The summed E-state index contributed by atoms with van der Waals surface area (Å²) < 4.78 is 4.91. The number of hydrogen-bond acceptors (Lipinski definition) is 4. The van der Waals surface area contributed by atoms with Crippen molar-refractivity contribution in [3.63, 3.8) is 0 Å². The van der Waals surface area contributed by atoms with Crippen LogP contribution in [0.4, 0.5) is 0 Å². The maximum atomic E-state index is 12.3. The summed E-state index contributed by atoms with van der Waals surface area (Å²) in [4.78, 5) is 24.4. The van der Waals surface area contributed by atoms with Gasteiger partial charge in [0.25, 0.3) is 5.91 Å². The average molecular weight is 281 g/mol. The molecule has 110 valence electrons. The molecule has 0 saturated heterocycles. The quantitative estimate of drug-likeness (QED) is 0.829. The van der Waals surface area contributed by atoms with Crippen LogP contribution in [0.15, 0.2) is 18.2 Å². The van der Waals surface area contributed by atoms with E-state index in [1.54, 1.807) is 0 Å². The normalized spacial score (nSPS) is 10.4. The minimum Gasteiger partial charge on any atom is -0.504 e. The number of phenols is 1. The molecule has 0 radical (unpaired) electrons. The zero-order valence-electron chi connectivity index (χ0n) is 11.8. The topological polar surface area (TPSA) is 87.1 Å². The Hall–Kier alpha value is -2.24. The van der Waals surface area contributed by atoms with Crippen molar-refractivity contribution >= 4 is 11.9 Å². The summed E-state index contributed by atoms with van der Waals surface area (Å²) in [6, 6.07) is 4.22. The first kappa shape index (κ1) is 15.8. The number of carbonyl (C=O) groups is 2. The van der Waals surface area contributed by atoms with Crippen LogP contribution in [0.2, 0.25) is 0 Å². The fourth-order valence-electron chi connectivity index (χ4n) is 1.80. The third kappa shape index (κ3) is 3.88. The largest absolute Gasteiger partial charge is 0.504 e. The Morgan fingerprint density at radius 2 is 2.00 bits per heavy atom. The van der Waals surface area contributed by atoms with Crippen LogP contribution in [0.25, 0.3) is 0 Å². The number of carboxylic acids is 1. The Kier molecular flexibility index (Phi) is 5.37. The van der Waals surface area contributed by atoms with Gasteiger partial charge in [0.2, 0.25) is 0 Å². The Bertz CT molecular complexity index is 498. The fraction of sp³-hybridized carbons (Fsp3) is 0.429. The van der Waals surface area contributed by atoms with E-state index in [0.717, 1.165) is 0 Å². The number of aliphatic carboxylic acids is 1. The number of benzene rings is 1. The maximum absolute atomic E-state index is 12.3. The van der Waals surface area contributed by atoms with E-state index in [9.17, 15) is 14.7 Å². The lowest BCUT2D eigenvalue weighted by atomic mass is 10.1. The van der Waals surface area contributed by atoms with Gasteiger partial charge in [0.05, 0.1) is 13.5 Å². The van der Waals surface area contributed by atoms with E-state index in [0.29, 0.717) is 5.56 Å². The number of hydrogen-bond donors (Lipinski definition) is 2. The molecule has 0 spiro atoms. The van der Waals surface area contributed by atoms with Crippen molar-refractivity contribution in [3.8, 4) is 11.5 Å². The molecule has 1 aromatic rings. The molecule has 1 aromatic carbocycles. The van der Waals surface area contributed by atoms with Crippen LogP contribution in [-0.2, 0) is 4.79 Å². The van der Waals surface area contributed by atoms with Crippen molar-refractivity contribution < 1.29 is 24.5 Å². The van der Waals surface area contributed by atoms with Gasteiger partial charge in [0.15, 0.2) is 11.5 Å². The number of rotatable bonds is 6. The Balaban J connectivity index is 2.94. The smallest absolute Gasteiger partial charge is 0.305 e. The minimum absolute atomic E-state index is 0.119. The lowest BCUT2D eigenvalue weighted by Gasteiger charge is -2.26. The van der Waals surface area contributed by atoms with Crippen molar-refractivity contribution in [2.75, 3.05) is 13.7 Å². The number of methoxy groups -OCH3 is 1. The first-order chi connectivity index (χ1) is 9.36. The van der Waals surface area contributed by atoms with Gasteiger partial charge in [-0.15, -0.1) is 0 Å². The molecular formula is C14H19NO5. The highest BCUT2D eigenvalue weighted by molar-refractivity contribution is 5.95. The molecule has 0 heterocycles. The predicted octanol–water partition coefficient (Wildman–Crippen LogP) is 1.73. The number of aromatic hydroxyl groups is 1. The molecule has 0 aliphatic carbocycles. The maximum Gasteiger partial charge on any atom is 0.305 e. The molecule has 2 N–H and O–H groups in total. The van der Waals surface area contributed by atoms with E-state index < -0.39 is 5.97 Å². The minimum atomic E-state index is -0.957. The van der Waals surface area contributed by atoms with E-state index in [-0.39, 0.29) is 36.4 Å². The second-order valence-corrected chi connectivity index (χ2v) is 4.62. The summed E-state index contributed by atoms with van der Waals surface area (Å²) >= 11 is 0. The summed E-state index contributed by atoms with van der Waals surface area (Å²) in [5.74, 6) is -1.12. The van der Waals surface area contributed by atoms with Crippen LogP contribution in [-0.4, -0.2) is 46.7 Å². The van der Waals surface area contributed by atoms with E-state index >= 15 is 0 Å². The van der Waals surface area contributed by atoms with Gasteiger partial charge in [-0.1, -0.05) is 0 Å². The van der Waals surface area contributed by atoms with Gasteiger partial charge in [-0.05, 0) is 32.0 Å². The van der Waals surface area contributed by atoms with Crippen molar-refractivity contribution in [2.45, 2.75) is 26.3 Å². The zero-order chi connectivity index (χ0) is 15.3. The summed E-state index contributed by atoms with van der Waals surface area (Å²) in [5.41, 5.74) is 0.294. The summed E-state index contributed by atoms with van der Waals surface area (Å²) in [6.45, 7) is 3.74. The Morgan fingerprint density at radius 1 is 1.35 bits per heavy atom. The first-order valence-corrected chi connectivity index (χ1v) is 6.26. The van der Waals surface area contributed by atoms with E-state index in [4.69, 9.17) is 9.84 Å². The molecule has 0 aliphatic rings. The molecule has 0 bridgehead atoms. The number of ether oxygens (including phenoxy) is 1. The summed E-state index contributed by atoms with van der Waals surface area (Å²) in [5, 5.41) is 18.4. The Morgan fingerprint density at radius 3 is 2.45 bits per heavy atom. The van der Waals surface area contributed by atoms with E-state index in [1.807, 2.05) is 13.8 Å². The van der Waals surface area contributed by atoms with Crippen molar-refractivity contribution in [3.05, 3.63) is 23.8 Å². The summed E-state index contributed by atoms with van der Waals surface area (Å²) in [7, 11) is 1.42. The molecule has 6 nitrogen and oxygen atoms in total. The first-order valence-electron chi connectivity index (χ1n) is 6.26. The molecule has 20 heavy (non-hydrogen) atoms. The van der Waals surface area contributed by atoms with Gasteiger partial charge < -0.3 is 19.8 Å². The van der Waals surface area contributed by atoms with Crippen molar-refractivity contribution in [1.29, 1.82) is 0 Å². The lowest BCUT2D eigenvalue weighted by Crippen LogP contribution is -2.38. The molecule has 6 heteroatoms. The molecule has 0 unspecified atom stereocenters. The number of nitrogens with zero attached hydrogens (tertiary/aromatic N) is 1. The molecule has 0 fully saturated rings. The Labute approximate surface area is 117 Å². The van der Waals surface area contributed by atoms with Crippen LogP contribution >= 0.6 is 0 Å². The summed E-state index contributed by atoms with van der Waals surface area (Å²) in [6.07, 6.45) is -0.119. The second-order valence-electron chi connectivity index (χ2n) is 4.62. The average Bonchev–Trinajstić information content (AvgIpc) is 2.37. The van der Waals surface area contributed by atoms with Gasteiger partial charge >= 0.3 is 5.97 Å². The van der Waals surface area contributed by atoms with Gasteiger partial charge in [0.1, 0.15) is 0 Å². The highest BCUT2D eigenvalue weighted by Gasteiger charge is 2.20. The third-order valence-electron chi connectivity index (χ3n) is 2.88. The van der Waals surface area contributed by atoms with Crippen molar-refractivity contribution in [1.82, 2.24) is 4.90 Å². The number of carboxylic acid groups (broad SMARTS) is 1. The highest BCUT2D eigenvalue weighted by Crippen LogP contribution is 2.27. The molecular weight excluding hydrogens is 262 g/mol. The zero-order valence-corrected chi connectivity index (χ0v) is 11.8. The SMILES string of the molecule is COc1ccc(C(=O)N(CCC(=O)O)C(C)C)cc1O. The van der Waals surface area contributed by atoms with Gasteiger partial charge in [-0.25, -0.2) is 0 Å². The molecule has 0 aliphatic heterocycles. The third-order valence-corrected chi connectivity index (χ3v) is 2.88. The lowest BCUT2D eigenvalue weighted by molar-refractivity contribution is -0.137. The van der Waals surface area contributed by atoms with Gasteiger partial charge in [-0.3, -0.25) is 9.59 Å². The van der Waals surface area contributed by atoms with Gasteiger partial charge in [-0.2, -0.15) is 0 Å². The van der Waals surface area contributed by atoms with Gasteiger partial charge in [0, 0.05) is 18.2 Å². The van der Waals surface area contributed by atoms with E-state index in [1.165, 1.54) is 30.2 Å². The molecule has 1 rings (SSSR count). The van der Waals surface area contributed by atoms with Crippen LogP contribution in [0.5, 0.6) is 11.5 Å². The van der Waals surface area contributed by atoms with Crippen LogP contribution in [0, 0.1) is 0 Å². The predicted molar refractivity (Wildman–Crippen MR) is 73.1 cm³/mol. The molecule has 0 aromatic heterocycles. The van der Waals surface area contributed by atoms with E-state index in [2.05, 4.69) is 0 Å². The number of carbonyl (C=O) groups excluding carboxylic acids is 1. The molecule has 1 amide bonds. The number of amides is 1. The van der Waals surface area contributed by atoms with Crippen LogP contribution in [0.1, 0.15) is 30.6 Å². The fourth-order valence-corrected chi connectivity index (χ4v) is 1.80. The van der Waals surface area contributed by atoms with Crippen LogP contribution in [0.3, 0.4) is 0 Å². The molecule has 0 saturated carbocycles. The molecule has 0 atom stereocenters.